The van der Waals surface area contributed by atoms with Crippen LogP contribution in [0.1, 0.15) is 58.8 Å². The molecule has 0 aromatic heterocycles. The summed E-state index contributed by atoms with van der Waals surface area (Å²) < 4.78 is 11.6. The molecule has 3 fully saturated rings. The Kier molecular flexibility index (Phi) is 4.92. The average molecular weight is 296 g/mol. The molecule has 1 aliphatic carbocycles. The molecule has 0 radical (unpaired) electrons. The SMILES string of the molecule is CC(C)C1CCC(C(O)C2CCOC3(CCOC3)C2)CC1. The number of ether oxygens (including phenoxy) is 2. The molecule has 0 amide bonds. The van der Waals surface area contributed by atoms with Gasteiger partial charge < -0.3 is 14.6 Å². The minimum atomic E-state index is -0.125. The fraction of sp³-hybridized carbons (Fsp3) is 1.00. The van der Waals surface area contributed by atoms with E-state index in [1.807, 2.05) is 0 Å². The first-order chi connectivity index (χ1) is 10.1. The molecule has 2 aliphatic heterocycles. The Bertz CT molecular complexity index is 327. The second-order valence-electron chi connectivity index (χ2n) is 8.00. The fourth-order valence-corrected chi connectivity index (χ4v) is 4.76. The van der Waals surface area contributed by atoms with Crippen LogP contribution in [0.15, 0.2) is 0 Å². The number of rotatable bonds is 3. The molecule has 1 spiro atoms. The molecule has 0 aromatic carbocycles. The normalized spacial score (nSPS) is 42.6. The van der Waals surface area contributed by atoms with Crippen LogP contribution >= 0.6 is 0 Å². The Labute approximate surface area is 129 Å². The van der Waals surface area contributed by atoms with Gasteiger partial charge in [0.2, 0.25) is 0 Å². The predicted octanol–water partition coefficient (Wildman–Crippen LogP) is 3.40. The Morgan fingerprint density at radius 2 is 1.67 bits per heavy atom. The van der Waals surface area contributed by atoms with E-state index >= 15 is 0 Å². The summed E-state index contributed by atoms with van der Waals surface area (Å²) in [7, 11) is 0. The molecule has 3 nitrogen and oxygen atoms in total. The molecule has 21 heavy (non-hydrogen) atoms. The Balaban J connectivity index is 1.54. The van der Waals surface area contributed by atoms with E-state index in [2.05, 4.69) is 13.8 Å². The zero-order valence-electron chi connectivity index (χ0n) is 13.7. The minimum Gasteiger partial charge on any atom is -0.393 e. The number of aliphatic hydroxyl groups is 1. The summed E-state index contributed by atoms with van der Waals surface area (Å²) in [4.78, 5) is 0. The van der Waals surface area contributed by atoms with E-state index < -0.39 is 0 Å². The molecule has 0 aromatic rings. The van der Waals surface area contributed by atoms with Crippen LogP contribution in [0.2, 0.25) is 0 Å². The average Bonchev–Trinajstić information content (AvgIpc) is 2.94. The molecule has 3 heteroatoms. The summed E-state index contributed by atoms with van der Waals surface area (Å²) in [5, 5.41) is 10.9. The van der Waals surface area contributed by atoms with E-state index in [4.69, 9.17) is 9.47 Å². The number of aliphatic hydroxyl groups excluding tert-OH is 1. The van der Waals surface area contributed by atoms with Crippen LogP contribution in [-0.2, 0) is 9.47 Å². The third kappa shape index (κ3) is 3.46. The van der Waals surface area contributed by atoms with Gasteiger partial charge in [-0.1, -0.05) is 13.8 Å². The van der Waals surface area contributed by atoms with Crippen molar-refractivity contribution in [1.82, 2.24) is 0 Å². The number of hydrogen-bond acceptors (Lipinski definition) is 3. The molecule has 0 bridgehead atoms. The van der Waals surface area contributed by atoms with Crippen LogP contribution in [0.4, 0.5) is 0 Å². The zero-order valence-corrected chi connectivity index (χ0v) is 13.7. The van der Waals surface area contributed by atoms with E-state index in [1.54, 1.807) is 0 Å². The van der Waals surface area contributed by atoms with Gasteiger partial charge in [-0.2, -0.15) is 0 Å². The Morgan fingerprint density at radius 3 is 2.29 bits per heavy atom. The van der Waals surface area contributed by atoms with Crippen LogP contribution < -0.4 is 0 Å². The second-order valence-corrected chi connectivity index (χ2v) is 8.00. The van der Waals surface area contributed by atoms with E-state index in [0.717, 1.165) is 50.9 Å². The largest absolute Gasteiger partial charge is 0.393 e. The van der Waals surface area contributed by atoms with Crippen molar-refractivity contribution in [2.45, 2.75) is 70.5 Å². The van der Waals surface area contributed by atoms with Crippen molar-refractivity contribution in [3.63, 3.8) is 0 Å². The van der Waals surface area contributed by atoms with Crippen molar-refractivity contribution in [3.8, 4) is 0 Å². The first-order valence-electron chi connectivity index (χ1n) is 8.99. The van der Waals surface area contributed by atoms with Gasteiger partial charge in [-0.15, -0.1) is 0 Å². The highest BCUT2D eigenvalue weighted by Gasteiger charge is 2.44. The summed E-state index contributed by atoms with van der Waals surface area (Å²) in [6.45, 7) is 7.03. The van der Waals surface area contributed by atoms with Crippen molar-refractivity contribution in [2.75, 3.05) is 19.8 Å². The minimum absolute atomic E-state index is 0.0704. The smallest absolute Gasteiger partial charge is 0.0940 e. The van der Waals surface area contributed by atoms with Crippen LogP contribution in [0.5, 0.6) is 0 Å². The molecular formula is C18H32O3. The van der Waals surface area contributed by atoms with Crippen molar-refractivity contribution in [1.29, 1.82) is 0 Å². The first kappa shape index (κ1) is 15.8. The van der Waals surface area contributed by atoms with Crippen molar-refractivity contribution in [3.05, 3.63) is 0 Å². The van der Waals surface area contributed by atoms with Crippen LogP contribution in [0.25, 0.3) is 0 Å². The lowest BCUT2D eigenvalue weighted by molar-refractivity contribution is -0.125. The lowest BCUT2D eigenvalue weighted by Crippen LogP contribution is -2.45. The van der Waals surface area contributed by atoms with Gasteiger partial charge in [0, 0.05) is 19.6 Å². The maximum absolute atomic E-state index is 10.9. The maximum atomic E-state index is 10.9. The lowest BCUT2D eigenvalue weighted by Gasteiger charge is -2.42. The van der Waals surface area contributed by atoms with Gasteiger partial charge in [0.1, 0.15) is 0 Å². The third-order valence-corrected chi connectivity index (χ3v) is 6.32. The molecule has 3 rings (SSSR count). The van der Waals surface area contributed by atoms with Gasteiger partial charge in [-0.25, -0.2) is 0 Å². The van der Waals surface area contributed by atoms with Gasteiger partial charge in [0.05, 0.1) is 18.3 Å². The lowest BCUT2D eigenvalue weighted by atomic mass is 9.70. The van der Waals surface area contributed by atoms with E-state index in [-0.39, 0.29) is 11.7 Å². The van der Waals surface area contributed by atoms with Gasteiger partial charge >= 0.3 is 0 Å². The Morgan fingerprint density at radius 1 is 0.952 bits per heavy atom. The number of hydrogen-bond donors (Lipinski definition) is 1. The zero-order chi connectivity index (χ0) is 14.9. The second kappa shape index (κ2) is 6.55. The summed E-state index contributed by atoms with van der Waals surface area (Å²) in [5.41, 5.74) is -0.0704. The summed E-state index contributed by atoms with van der Waals surface area (Å²) in [6.07, 6.45) is 7.94. The molecule has 2 saturated heterocycles. The monoisotopic (exact) mass is 296 g/mol. The molecular weight excluding hydrogens is 264 g/mol. The molecule has 3 unspecified atom stereocenters. The quantitative estimate of drug-likeness (QED) is 0.867. The van der Waals surface area contributed by atoms with Crippen molar-refractivity contribution >= 4 is 0 Å². The molecule has 122 valence electrons. The van der Waals surface area contributed by atoms with Crippen molar-refractivity contribution in [2.24, 2.45) is 23.7 Å². The predicted molar refractivity (Wildman–Crippen MR) is 83.1 cm³/mol. The molecule has 3 atom stereocenters. The van der Waals surface area contributed by atoms with Gasteiger partial charge in [0.25, 0.3) is 0 Å². The molecule has 1 saturated carbocycles. The van der Waals surface area contributed by atoms with E-state index in [1.165, 1.54) is 25.7 Å². The topological polar surface area (TPSA) is 38.7 Å². The van der Waals surface area contributed by atoms with Crippen molar-refractivity contribution < 1.29 is 14.6 Å². The summed E-state index contributed by atoms with van der Waals surface area (Å²) >= 11 is 0. The summed E-state index contributed by atoms with van der Waals surface area (Å²) in [6, 6.07) is 0. The summed E-state index contributed by atoms with van der Waals surface area (Å²) in [5.74, 6) is 2.60. The van der Waals surface area contributed by atoms with E-state index in [0.29, 0.717) is 11.8 Å². The highest BCUT2D eigenvalue weighted by atomic mass is 16.6. The highest BCUT2D eigenvalue weighted by molar-refractivity contribution is 4.94. The van der Waals surface area contributed by atoms with E-state index in [9.17, 15) is 5.11 Å². The maximum Gasteiger partial charge on any atom is 0.0940 e. The highest BCUT2D eigenvalue weighted by Crippen LogP contribution is 2.42. The molecule has 2 heterocycles. The first-order valence-corrected chi connectivity index (χ1v) is 8.99. The standard InChI is InChI=1S/C18H32O3/c1-13(2)14-3-5-15(6-4-14)17(19)16-7-9-21-18(11-16)8-10-20-12-18/h13-17,19H,3-12H2,1-2H3. The van der Waals surface area contributed by atoms with Gasteiger partial charge in [0.15, 0.2) is 0 Å². The molecule has 1 N–H and O–H groups in total. The van der Waals surface area contributed by atoms with Crippen LogP contribution in [0.3, 0.4) is 0 Å². The van der Waals surface area contributed by atoms with Crippen LogP contribution in [-0.4, -0.2) is 36.6 Å². The van der Waals surface area contributed by atoms with Crippen LogP contribution in [0, 0.1) is 23.7 Å². The molecule has 3 aliphatic rings. The fourth-order valence-electron chi connectivity index (χ4n) is 4.76. The van der Waals surface area contributed by atoms with Gasteiger partial charge in [-0.3, -0.25) is 0 Å². The third-order valence-electron chi connectivity index (χ3n) is 6.32. The van der Waals surface area contributed by atoms with Gasteiger partial charge in [-0.05, 0) is 62.2 Å². The Hall–Kier alpha value is -0.120.